The van der Waals surface area contributed by atoms with E-state index in [1.807, 2.05) is 0 Å². The molecule has 0 aliphatic rings. The maximum Gasteiger partial charge on any atom is 0.414 e. The topological polar surface area (TPSA) is 99.0 Å². The lowest BCUT2D eigenvalue weighted by atomic mass is 10.2. The molecule has 130 valence electrons. The Kier molecular flexibility index (Phi) is 7.37. The minimum Gasteiger partial charge on any atom is -0.464 e. The molecule has 0 heterocycles. The zero-order valence-corrected chi connectivity index (χ0v) is 15.0. The number of nitrogens with zero attached hydrogens (tertiary/aromatic N) is 2. The molecule has 1 rings (SSSR count). The lowest BCUT2D eigenvalue weighted by molar-refractivity contribution is -0.384. The van der Waals surface area contributed by atoms with Gasteiger partial charge in [-0.2, -0.15) is 0 Å². The number of esters is 1. The molecule has 0 saturated heterocycles. The fourth-order valence-corrected chi connectivity index (χ4v) is 2.22. The van der Waals surface area contributed by atoms with Crippen molar-refractivity contribution in [2.75, 3.05) is 13.7 Å². The number of nitro benzene ring substituents is 1. The van der Waals surface area contributed by atoms with Crippen LogP contribution in [-0.2, 0) is 20.9 Å². The average molecular weight is 401 g/mol. The van der Waals surface area contributed by atoms with Crippen LogP contribution in [0.15, 0.2) is 34.4 Å². The third kappa shape index (κ3) is 5.05. The number of halogens is 1. The zero-order chi connectivity index (χ0) is 18.3. The molecule has 0 bridgehead atoms. The molecule has 0 unspecified atom stereocenters. The number of carbonyl (C=O) groups excluding carboxylic acids is 2. The summed E-state index contributed by atoms with van der Waals surface area (Å²) in [5, 5.41) is 10.6. The molecule has 24 heavy (non-hydrogen) atoms. The summed E-state index contributed by atoms with van der Waals surface area (Å²) < 4.78 is 10.3. The number of allylic oxidation sites excluding steroid dienone is 1. The monoisotopic (exact) mass is 400 g/mol. The van der Waals surface area contributed by atoms with Crippen LogP contribution in [0.5, 0.6) is 0 Å². The van der Waals surface area contributed by atoms with Gasteiger partial charge in [-0.05, 0) is 31.5 Å². The van der Waals surface area contributed by atoms with E-state index < -0.39 is 17.0 Å². The second kappa shape index (κ2) is 9.02. The molecule has 1 aromatic carbocycles. The Morgan fingerprint density at radius 3 is 2.29 bits per heavy atom. The Balaban J connectivity index is 2.82. The first kappa shape index (κ1) is 19.6. The summed E-state index contributed by atoms with van der Waals surface area (Å²) in [7, 11) is 1.22. The van der Waals surface area contributed by atoms with Crippen LogP contribution >= 0.6 is 15.9 Å². The molecule has 0 radical (unpaired) electrons. The van der Waals surface area contributed by atoms with Gasteiger partial charge in [-0.3, -0.25) is 15.0 Å². The second-order valence-corrected chi connectivity index (χ2v) is 5.79. The summed E-state index contributed by atoms with van der Waals surface area (Å²) in [5.74, 6) is -0.668. The van der Waals surface area contributed by atoms with Gasteiger partial charge in [-0.25, -0.2) is 9.59 Å². The number of rotatable bonds is 6. The van der Waals surface area contributed by atoms with Crippen LogP contribution in [0.4, 0.5) is 10.5 Å². The van der Waals surface area contributed by atoms with E-state index in [4.69, 9.17) is 4.74 Å². The van der Waals surface area contributed by atoms with Gasteiger partial charge in [0.05, 0.1) is 12.0 Å². The number of non-ortho nitro benzene ring substituents is 1. The van der Waals surface area contributed by atoms with E-state index in [9.17, 15) is 19.7 Å². The van der Waals surface area contributed by atoms with E-state index in [-0.39, 0.29) is 24.5 Å². The second-order valence-electron chi connectivity index (χ2n) is 4.60. The van der Waals surface area contributed by atoms with Crippen LogP contribution < -0.4 is 0 Å². The number of methoxy groups -OCH3 is 1. The Hall–Kier alpha value is -2.42. The fourth-order valence-electron chi connectivity index (χ4n) is 1.85. The van der Waals surface area contributed by atoms with Crippen molar-refractivity contribution in [1.29, 1.82) is 0 Å². The van der Waals surface area contributed by atoms with Gasteiger partial charge < -0.3 is 9.47 Å². The van der Waals surface area contributed by atoms with Crippen LogP contribution in [-0.4, -0.2) is 35.5 Å². The summed E-state index contributed by atoms with van der Waals surface area (Å²) in [6.07, 6.45) is -0.727. The van der Waals surface area contributed by atoms with Gasteiger partial charge in [-0.15, -0.1) is 0 Å². The van der Waals surface area contributed by atoms with Crippen molar-refractivity contribution in [3.8, 4) is 0 Å². The summed E-state index contributed by atoms with van der Waals surface area (Å²) in [6.45, 7) is 3.42. The van der Waals surface area contributed by atoms with E-state index in [0.29, 0.717) is 10.0 Å². The van der Waals surface area contributed by atoms with E-state index in [2.05, 4.69) is 20.7 Å². The van der Waals surface area contributed by atoms with Crippen LogP contribution in [0, 0.1) is 10.1 Å². The number of nitro groups is 1. The normalized spacial score (nSPS) is 11.3. The molecule has 1 aromatic rings. The quantitative estimate of drug-likeness (QED) is 0.314. The maximum absolute atomic E-state index is 12.2. The van der Waals surface area contributed by atoms with Gasteiger partial charge in [0, 0.05) is 23.2 Å². The van der Waals surface area contributed by atoms with Crippen LogP contribution in [0.25, 0.3) is 0 Å². The SMILES string of the molecule is CCN(C(=O)OCc1ccc([N+](=O)[O-])cc1)/C(C(=O)OC)=C(/C)Br. The minimum atomic E-state index is -0.727. The number of carbonyl (C=O) groups is 2. The van der Waals surface area contributed by atoms with Crippen molar-refractivity contribution in [3.05, 3.63) is 50.1 Å². The maximum atomic E-state index is 12.2. The molecule has 8 nitrogen and oxygen atoms in total. The molecule has 1 amide bonds. The number of amides is 1. The molecule has 0 aliphatic carbocycles. The van der Waals surface area contributed by atoms with Gasteiger partial charge in [-0.1, -0.05) is 15.9 Å². The highest BCUT2D eigenvalue weighted by Crippen LogP contribution is 2.19. The van der Waals surface area contributed by atoms with Gasteiger partial charge in [0.15, 0.2) is 0 Å². The van der Waals surface area contributed by atoms with E-state index in [0.717, 1.165) is 4.90 Å². The van der Waals surface area contributed by atoms with Crippen LogP contribution in [0.2, 0.25) is 0 Å². The Morgan fingerprint density at radius 2 is 1.88 bits per heavy atom. The number of hydrogen-bond donors (Lipinski definition) is 0. The summed E-state index contributed by atoms with van der Waals surface area (Å²) in [6, 6.07) is 5.63. The first-order valence-electron chi connectivity index (χ1n) is 6.94. The predicted octanol–water partition coefficient (Wildman–Crippen LogP) is 3.35. The summed E-state index contributed by atoms with van der Waals surface area (Å²) in [5.41, 5.74) is 0.587. The molecule has 0 aromatic heterocycles. The molecule has 0 spiro atoms. The van der Waals surface area contributed by atoms with E-state index >= 15 is 0 Å². The van der Waals surface area contributed by atoms with Crippen molar-refractivity contribution < 1.29 is 24.0 Å². The van der Waals surface area contributed by atoms with Gasteiger partial charge in [0.2, 0.25) is 0 Å². The van der Waals surface area contributed by atoms with Crippen molar-refractivity contribution in [2.24, 2.45) is 0 Å². The highest BCUT2D eigenvalue weighted by molar-refractivity contribution is 9.11. The number of ether oxygens (including phenoxy) is 2. The third-order valence-corrected chi connectivity index (χ3v) is 3.40. The molecule has 0 fully saturated rings. The highest BCUT2D eigenvalue weighted by Gasteiger charge is 2.26. The van der Waals surface area contributed by atoms with E-state index in [1.54, 1.807) is 13.8 Å². The number of benzene rings is 1. The average Bonchev–Trinajstić information content (AvgIpc) is 2.56. The molecule has 0 aliphatic heterocycles. The molecular weight excluding hydrogens is 384 g/mol. The van der Waals surface area contributed by atoms with Crippen molar-refractivity contribution in [1.82, 2.24) is 4.90 Å². The molecule has 0 atom stereocenters. The first-order chi connectivity index (χ1) is 11.3. The zero-order valence-electron chi connectivity index (χ0n) is 13.4. The predicted molar refractivity (Wildman–Crippen MR) is 89.3 cm³/mol. The van der Waals surface area contributed by atoms with Crippen LogP contribution in [0.1, 0.15) is 19.4 Å². The van der Waals surface area contributed by atoms with Crippen molar-refractivity contribution in [2.45, 2.75) is 20.5 Å². The number of hydrogen-bond acceptors (Lipinski definition) is 6. The Morgan fingerprint density at radius 1 is 1.29 bits per heavy atom. The summed E-state index contributed by atoms with van der Waals surface area (Å²) in [4.78, 5) is 35.3. The minimum absolute atomic E-state index is 0.0497. The molecule has 0 saturated carbocycles. The lowest BCUT2D eigenvalue weighted by Gasteiger charge is -2.22. The van der Waals surface area contributed by atoms with Crippen molar-refractivity contribution in [3.63, 3.8) is 0 Å². The highest BCUT2D eigenvalue weighted by atomic mass is 79.9. The smallest absolute Gasteiger partial charge is 0.414 e. The molecule has 0 N–H and O–H groups in total. The molecule has 9 heteroatoms. The van der Waals surface area contributed by atoms with Gasteiger partial charge in [0.1, 0.15) is 12.3 Å². The third-order valence-electron chi connectivity index (χ3n) is 3.02. The first-order valence-corrected chi connectivity index (χ1v) is 7.73. The van der Waals surface area contributed by atoms with Crippen molar-refractivity contribution >= 4 is 33.7 Å². The lowest BCUT2D eigenvalue weighted by Crippen LogP contribution is -2.35. The summed E-state index contributed by atoms with van der Waals surface area (Å²) >= 11 is 3.18. The Labute approximate surface area is 147 Å². The molecular formula is C15H17BrN2O6. The standard InChI is InChI=1S/C15H17BrN2O6/c1-4-17(13(10(2)16)14(19)23-3)15(20)24-9-11-5-7-12(8-6-11)18(21)22/h5-8H,4,9H2,1-3H3/b13-10-. The van der Waals surface area contributed by atoms with Gasteiger partial charge in [0.25, 0.3) is 5.69 Å². The largest absolute Gasteiger partial charge is 0.464 e. The van der Waals surface area contributed by atoms with Crippen LogP contribution in [0.3, 0.4) is 0 Å². The number of likely N-dealkylation sites (N-methyl/N-ethyl adjacent to an activating group) is 1. The fraction of sp³-hybridized carbons (Fsp3) is 0.333. The Bertz CT molecular complexity index is 652. The van der Waals surface area contributed by atoms with E-state index in [1.165, 1.54) is 31.4 Å². The van der Waals surface area contributed by atoms with Gasteiger partial charge >= 0.3 is 12.1 Å².